The van der Waals surface area contributed by atoms with Gasteiger partial charge in [-0.2, -0.15) is 0 Å². The molecule has 0 radical (unpaired) electrons. The standard InChI is InChI=1S/C20H25N3O4/c1-14-5-4-6-19(23(24)25)20(14)22-9-7-15(8-10-22)21-16-11-17(26-2)13-18(12-16)27-3/h4-6,11-13,15,21H,7-10H2,1-3H3. The Kier molecular flexibility index (Phi) is 5.69. The van der Waals surface area contributed by atoms with E-state index in [2.05, 4.69) is 10.2 Å². The SMILES string of the molecule is COc1cc(NC2CCN(c3c(C)cccc3[N+](=O)[O-])CC2)cc(OC)c1. The average Bonchev–Trinajstić information content (AvgIpc) is 2.68. The molecule has 0 unspecified atom stereocenters. The lowest BCUT2D eigenvalue weighted by Gasteiger charge is -2.34. The Balaban J connectivity index is 1.69. The predicted molar refractivity (Wildman–Crippen MR) is 106 cm³/mol. The van der Waals surface area contributed by atoms with Crippen LogP contribution in [0.4, 0.5) is 17.1 Å². The molecule has 27 heavy (non-hydrogen) atoms. The molecule has 1 saturated heterocycles. The van der Waals surface area contributed by atoms with E-state index in [1.807, 2.05) is 31.2 Å². The van der Waals surface area contributed by atoms with Crippen LogP contribution in [0.25, 0.3) is 0 Å². The van der Waals surface area contributed by atoms with Crippen molar-refractivity contribution in [2.24, 2.45) is 0 Å². The van der Waals surface area contributed by atoms with Crippen molar-refractivity contribution in [2.45, 2.75) is 25.8 Å². The van der Waals surface area contributed by atoms with Crippen LogP contribution in [0.3, 0.4) is 0 Å². The van der Waals surface area contributed by atoms with Gasteiger partial charge in [-0.1, -0.05) is 12.1 Å². The number of nitrogens with one attached hydrogen (secondary N) is 1. The van der Waals surface area contributed by atoms with E-state index in [4.69, 9.17) is 9.47 Å². The molecule has 2 aromatic rings. The first-order chi connectivity index (χ1) is 13.0. The highest BCUT2D eigenvalue weighted by atomic mass is 16.6. The second kappa shape index (κ2) is 8.16. The van der Waals surface area contributed by atoms with Gasteiger partial charge in [-0.25, -0.2) is 0 Å². The molecule has 144 valence electrons. The second-order valence-corrected chi connectivity index (χ2v) is 6.71. The van der Waals surface area contributed by atoms with E-state index in [1.54, 1.807) is 26.4 Å². The smallest absolute Gasteiger partial charge is 0.292 e. The van der Waals surface area contributed by atoms with Crippen LogP contribution < -0.4 is 19.7 Å². The summed E-state index contributed by atoms with van der Waals surface area (Å²) in [6.07, 6.45) is 1.79. The molecule has 0 spiro atoms. The van der Waals surface area contributed by atoms with Gasteiger partial charge in [0.2, 0.25) is 0 Å². The molecule has 1 N–H and O–H groups in total. The van der Waals surface area contributed by atoms with Gasteiger partial charge in [-0.3, -0.25) is 10.1 Å². The molecule has 7 nitrogen and oxygen atoms in total. The van der Waals surface area contributed by atoms with Crippen LogP contribution in [0.15, 0.2) is 36.4 Å². The van der Waals surface area contributed by atoms with Crippen LogP contribution in [0, 0.1) is 17.0 Å². The summed E-state index contributed by atoms with van der Waals surface area (Å²) in [6.45, 7) is 3.46. The Hall–Kier alpha value is -2.96. The summed E-state index contributed by atoms with van der Waals surface area (Å²) in [6, 6.07) is 11.3. The summed E-state index contributed by atoms with van der Waals surface area (Å²) < 4.78 is 10.6. The highest BCUT2D eigenvalue weighted by Gasteiger charge is 2.26. The van der Waals surface area contributed by atoms with Crippen LogP contribution in [0.1, 0.15) is 18.4 Å². The molecule has 0 saturated carbocycles. The van der Waals surface area contributed by atoms with E-state index in [0.717, 1.165) is 54.4 Å². The maximum atomic E-state index is 11.4. The fraction of sp³-hybridized carbons (Fsp3) is 0.400. The lowest BCUT2D eigenvalue weighted by molar-refractivity contribution is -0.384. The van der Waals surface area contributed by atoms with Crippen molar-refractivity contribution in [1.82, 2.24) is 0 Å². The number of nitro benzene ring substituents is 1. The molecule has 1 aliphatic heterocycles. The third-order valence-electron chi connectivity index (χ3n) is 4.95. The zero-order valence-corrected chi connectivity index (χ0v) is 15.9. The fourth-order valence-corrected chi connectivity index (χ4v) is 3.58. The number of anilines is 2. The topological polar surface area (TPSA) is 76.9 Å². The minimum atomic E-state index is -0.296. The van der Waals surface area contributed by atoms with Crippen molar-refractivity contribution in [1.29, 1.82) is 0 Å². The van der Waals surface area contributed by atoms with Gasteiger partial charge in [0.15, 0.2) is 0 Å². The van der Waals surface area contributed by atoms with Gasteiger partial charge >= 0.3 is 0 Å². The van der Waals surface area contributed by atoms with E-state index < -0.39 is 0 Å². The summed E-state index contributed by atoms with van der Waals surface area (Å²) in [5.41, 5.74) is 2.81. The second-order valence-electron chi connectivity index (χ2n) is 6.71. The lowest BCUT2D eigenvalue weighted by atomic mass is 10.0. The third kappa shape index (κ3) is 4.24. The number of nitrogens with zero attached hydrogens (tertiary/aromatic N) is 2. The van der Waals surface area contributed by atoms with Gasteiger partial charge in [-0.15, -0.1) is 0 Å². The Labute approximate surface area is 159 Å². The monoisotopic (exact) mass is 371 g/mol. The number of benzene rings is 2. The summed E-state index contributed by atoms with van der Waals surface area (Å²) >= 11 is 0. The van der Waals surface area contributed by atoms with Gasteiger partial charge in [0.05, 0.1) is 19.1 Å². The number of nitro groups is 1. The van der Waals surface area contributed by atoms with Gasteiger partial charge in [-0.05, 0) is 25.3 Å². The summed E-state index contributed by atoms with van der Waals surface area (Å²) in [5.74, 6) is 1.48. The van der Waals surface area contributed by atoms with Crippen molar-refractivity contribution < 1.29 is 14.4 Å². The quantitative estimate of drug-likeness (QED) is 0.611. The van der Waals surface area contributed by atoms with Crippen LogP contribution in [0.5, 0.6) is 11.5 Å². The lowest BCUT2D eigenvalue weighted by Crippen LogP contribution is -2.39. The Bertz CT molecular complexity index is 795. The molecule has 0 aliphatic carbocycles. The number of hydrogen-bond acceptors (Lipinski definition) is 6. The predicted octanol–water partition coefficient (Wildman–Crippen LogP) is 4.00. The van der Waals surface area contributed by atoms with Crippen molar-refractivity contribution in [3.8, 4) is 11.5 Å². The van der Waals surface area contributed by atoms with Crippen molar-refractivity contribution in [3.05, 3.63) is 52.1 Å². The van der Waals surface area contributed by atoms with E-state index in [0.29, 0.717) is 6.04 Å². The maximum Gasteiger partial charge on any atom is 0.292 e. The minimum Gasteiger partial charge on any atom is -0.497 e. The first-order valence-electron chi connectivity index (χ1n) is 9.00. The minimum absolute atomic E-state index is 0.180. The van der Waals surface area contributed by atoms with Gasteiger partial charge < -0.3 is 19.7 Å². The molecule has 3 rings (SSSR count). The Morgan fingerprint density at radius 1 is 1.11 bits per heavy atom. The van der Waals surface area contributed by atoms with Crippen LogP contribution >= 0.6 is 0 Å². The molecule has 2 aromatic carbocycles. The number of rotatable bonds is 6. The molecular weight excluding hydrogens is 346 g/mol. The Morgan fingerprint density at radius 3 is 2.30 bits per heavy atom. The molecule has 0 atom stereocenters. The first kappa shape index (κ1) is 18.8. The van der Waals surface area contributed by atoms with Crippen LogP contribution in [-0.4, -0.2) is 38.3 Å². The first-order valence-corrected chi connectivity index (χ1v) is 9.00. The molecule has 0 aromatic heterocycles. The summed E-state index contributed by atoms with van der Waals surface area (Å²) in [5, 5.41) is 14.9. The molecule has 1 heterocycles. The molecule has 7 heteroatoms. The van der Waals surface area contributed by atoms with Crippen molar-refractivity contribution >= 4 is 17.1 Å². The number of hydrogen-bond donors (Lipinski definition) is 1. The molecule has 1 fully saturated rings. The van der Waals surface area contributed by atoms with Crippen molar-refractivity contribution in [3.63, 3.8) is 0 Å². The number of aryl methyl sites for hydroxylation is 1. The zero-order valence-electron chi connectivity index (χ0n) is 15.9. The highest BCUT2D eigenvalue weighted by Crippen LogP contribution is 2.34. The van der Waals surface area contributed by atoms with E-state index in [1.165, 1.54) is 0 Å². The number of methoxy groups -OCH3 is 2. The van der Waals surface area contributed by atoms with E-state index >= 15 is 0 Å². The van der Waals surface area contributed by atoms with Gasteiger partial charge in [0.25, 0.3) is 5.69 Å². The summed E-state index contributed by atoms with van der Waals surface area (Å²) in [7, 11) is 3.26. The van der Waals surface area contributed by atoms with Gasteiger partial charge in [0, 0.05) is 49.1 Å². The third-order valence-corrected chi connectivity index (χ3v) is 4.95. The van der Waals surface area contributed by atoms with Crippen LogP contribution in [0.2, 0.25) is 0 Å². The maximum absolute atomic E-state index is 11.4. The zero-order chi connectivity index (χ0) is 19.4. The van der Waals surface area contributed by atoms with Crippen LogP contribution in [-0.2, 0) is 0 Å². The number of piperidine rings is 1. The number of para-hydroxylation sites is 1. The van der Waals surface area contributed by atoms with Crippen molar-refractivity contribution in [2.75, 3.05) is 37.5 Å². The number of ether oxygens (including phenoxy) is 2. The highest BCUT2D eigenvalue weighted by molar-refractivity contribution is 5.68. The normalized spacial score (nSPS) is 14.7. The summed E-state index contributed by atoms with van der Waals surface area (Å²) in [4.78, 5) is 13.2. The fourth-order valence-electron chi connectivity index (χ4n) is 3.58. The molecular formula is C20H25N3O4. The molecule has 0 bridgehead atoms. The average molecular weight is 371 g/mol. The van der Waals surface area contributed by atoms with E-state index in [9.17, 15) is 10.1 Å². The largest absolute Gasteiger partial charge is 0.497 e. The molecule has 1 aliphatic rings. The van der Waals surface area contributed by atoms with Gasteiger partial charge in [0.1, 0.15) is 17.2 Å². The molecule has 0 amide bonds. The van der Waals surface area contributed by atoms with E-state index in [-0.39, 0.29) is 10.6 Å². The Morgan fingerprint density at radius 2 is 1.74 bits per heavy atom.